The highest BCUT2D eigenvalue weighted by molar-refractivity contribution is 14.0. The van der Waals surface area contributed by atoms with Crippen LogP contribution >= 0.6 is 24.0 Å². The second-order valence-corrected chi connectivity index (χ2v) is 8.76. The lowest BCUT2D eigenvalue weighted by Crippen LogP contribution is -2.43. The summed E-state index contributed by atoms with van der Waals surface area (Å²) >= 11 is 0. The Kier molecular flexibility index (Phi) is 11.8. The Hall–Kier alpha value is -1.11. The van der Waals surface area contributed by atoms with Crippen LogP contribution in [-0.4, -0.2) is 72.0 Å². The quantitative estimate of drug-likeness (QED) is 0.282. The number of nitrogens with zero attached hydrogens (tertiary/aromatic N) is 2. The average molecular weight is 540 g/mol. The first-order valence-electron chi connectivity index (χ1n) is 9.57. The predicted octanol–water partition coefficient (Wildman–Crippen LogP) is 1.81. The summed E-state index contributed by atoms with van der Waals surface area (Å²) in [7, 11) is 1.87. The van der Waals surface area contributed by atoms with Crippen molar-refractivity contribution in [2.24, 2.45) is 4.99 Å². The fraction of sp³-hybridized carbons (Fsp3) is 0.632. The fourth-order valence-electron chi connectivity index (χ4n) is 3.02. The molecule has 1 aliphatic heterocycles. The first-order chi connectivity index (χ1) is 13.4. The van der Waals surface area contributed by atoms with Crippen LogP contribution in [0.15, 0.2) is 29.3 Å². The molecular formula is C19H33IN4O4S. The van der Waals surface area contributed by atoms with Crippen molar-refractivity contribution in [2.75, 3.05) is 46.7 Å². The number of hydrogen-bond donors (Lipinski definition) is 2. The minimum atomic E-state index is -3.36. The van der Waals surface area contributed by atoms with Crippen LogP contribution in [0.25, 0.3) is 0 Å². The van der Waals surface area contributed by atoms with E-state index in [1.54, 1.807) is 14.2 Å². The highest BCUT2D eigenvalue weighted by Crippen LogP contribution is 2.13. The molecule has 1 aromatic carbocycles. The number of ether oxygens (including phenoxy) is 2. The van der Waals surface area contributed by atoms with Crippen molar-refractivity contribution in [3.8, 4) is 5.75 Å². The molecule has 1 unspecified atom stereocenters. The van der Waals surface area contributed by atoms with Crippen LogP contribution in [0.5, 0.6) is 5.75 Å². The zero-order valence-electron chi connectivity index (χ0n) is 17.4. The van der Waals surface area contributed by atoms with E-state index >= 15 is 0 Å². The molecule has 29 heavy (non-hydrogen) atoms. The Balaban J connectivity index is 0.00000420. The molecular weight excluding hydrogens is 507 g/mol. The zero-order chi connectivity index (χ0) is 20.4. The van der Waals surface area contributed by atoms with Gasteiger partial charge in [0.2, 0.25) is 10.0 Å². The summed E-state index contributed by atoms with van der Waals surface area (Å²) in [6.45, 7) is 1.98. The molecule has 1 heterocycles. The van der Waals surface area contributed by atoms with Crippen LogP contribution in [0, 0.1) is 0 Å². The highest BCUT2D eigenvalue weighted by atomic mass is 127. The molecule has 2 rings (SSSR count). The van der Waals surface area contributed by atoms with Gasteiger partial charge in [0, 0.05) is 40.3 Å². The second kappa shape index (κ2) is 13.2. The molecule has 1 aliphatic rings. The fourth-order valence-corrected chi connectivity index (χ4v) is 3.98. The molecule has 0 aliphatic carbocycles. The molecule has 1 atom stereocenters. The molecule has 8 nitrogen and oxygen atoms in total. The topological polar surface area (TPSA) is 92.3 Å². The molecule has 0 radical (unpaired) electrons. The average Bonchev–Trinajstić information content (AvgIpc) is 2.71. The summed E-state index contributed by atoms with van der Waals surface area (Å²) in [6, 6.07) is 7.80. The first-order valence-corrected chi connectivity index (χ1v) is 11.2. The van der Waals surface area contributed by atoms with Crippen molar-refractivity contribution in [1.29, 1.82) is 0 Å². The maximum atomic E-state index is 12.2. The number of methoxy groups -OCH3 is 1. The van der Waals surface area contributed by atoms with E-state index < -0.39 is 10.0 Å². The normalized spacial score (nSPS) is 17.3. The van der Waals surface area contributed by atoms with Gasteiger partial charge in [0.15, 0.2) is 5.96 Å². The summed E-state index contributed by atoms with van der Waals surface area (Å²) in [6.07, 6.45) is 3.03. The lowest BCUT2D eigenvalue weighted by atomic mass is 10.1. The molecule has 0 spiro atoms. The Bertz CT molecular complexity index is 722. The van der Waals surface area contributed by atoms with Crippen molar-refractivity contribution in [1.82, 2.24) is 14.9 Å². The first kappa shape index (κ1) is 25.9. The molecule has 10 heteroatoms. The van der Waals surface area contributed by atoms with Crippen molar-refractivity contribution >= 4 is 40.0 Å². The third kappa shape index (κ3) is 9.49. The predicted molar refractivity (Wildman–Crippen MR) is 127 cm³/mol. The monoisotopic (exact) mass is 540 g/mol. The molecule has 0 bridgehead atoms. The van der Waals surface area contributed by atoms with E-state index in [1.807, 2.05) is 36.2 Å². The van der Waals surface area contributed by atoms with Crippen LogP contribution in [0.1, 0.15) is 24.8 Å². The third-order valence-corrected chi connectivity index (χ3v) is 5.96. The van der Waals surface area contributed by atoms with Gasteiger partial charge in [-0.2, -0.15) is 0 Å². The number of aliphatic imine (C=N–C) groups is 1. The van der Waals surface area contributed by atoms with Crippen LogP contribution in [0.3, 0.4) is 0 Å². The number of halogens is 1. The summed E-state index contributed by atoms with van der Waals surface area (Å²) in [5, 5.41) is 3.11. The lowest BCUT2D eigenvalue weighted by molar-refractivity contribution is 0.0200. The number of guanidine groups is 1. The molecule has 1 fully saturated rings. The zero-order valence-corrected chi connectivity index (χ0v) is 20.5. The van der Waals surface area contributed by atoms with Crippen molar-refractivity contribution in [3.63, 3.8) is 0 Å². The number of rotatable bonds is 9. The molecule has 0 amide bonds. The summed E-state index contributed by atoms with van der Waals surface area (Å²) in [5.74, 6) is 1.43. The van der Waals surface area contributed by atoms with Gasteiger partial charge >= 0.3 is 0 Å². The van der Waals surface area contributed by atoms with E-state index in [4.69, 9.17) is 9.47 Å². The van der Waals surface area contributed by atoms with E-state index in [-0.39, 0.29) is 42.4 Å². The van der Waals surface area contributed by atoms with Crippen molar-refractivity contribution < 1.29 is 17.9 Å². The molecule has 0 aromatic heterocycles. The van der Waals surface area contributed by atoms with E-state index in [1.165, 1.54) is 0 Å². The van der Waals surface area contributed by atoms with Gasteiger partial charge in [0.1, 0.15) is 5.75 Å². The minimum absolute atomic E-state index is 0. The Labute approximate surface area is 191 Å². The Morgan fingerprint density at radius 1 is 1.31 bits per heavy atom. The highest BCUT2D eigenvalue weighted by Gasteiger charge is 2.18. The molecule has 166 valence electrons. The van der Waals surface area contributed by atoms with Gasteiger partial charge in [0.25, 0.3) is 0 Å². The van der Waals surface area contributed by atoms with Crippen molar-refractivity contribution in [3.05, 3.63) is 29.8 Å². The van der Waals surface area contributed by atoms with Gasteiger partial charge < -0.3 is 19.7 Å². The van der Waals surface area contributed by atoms with E-state index in [0.29, 0.717) is 25.7 Å². The van der Waals surface area contributed by atoms with Gasteiger partial charge in [-0.05, 0) is 37.0 Å². The smallest absolute Gasteiger partial charge is 0.213 e. The summed E-state index contributed by atoms with van der Waals surface area (Å²) in [5.41, 5.74) is 1.10. The molecule has 0 saturated carbocycles. The van der Waals surface area contributed by atoms with Crippen LogP contribution in [-0.2, 0) is 21.3 Å². The van der Waals surface area contributed by atoms with Gasteiger partial charge in [-0.3, -0.25) is 4.99 Å². The number of hydrogen-bond acceptors (Lipinski definition) is 5. The van der Waals surface area contributed by atoms with Crippen LogP contribution < -0.4 is 14.8 Å². The van der Waals surface area contributed by atoms with Gasteiger partial charge in [-0.15, -0.1) is 24.0 Å². The third-order valence-electron chi connectivity index (χ3n) is 4.61. The largest absolute Gasteiger partial charge is 0.497 e. The van der Waals surface area contributed by atoms with Crippen LogP contribution in [0.4, 0.5) is 0 Å². The summed E-state index contributed by atoms with van der Waals surface area (Å²) < 4.78 is 37.8. The Morgan fingerprint density at radius 3 is 2.62 bits per heavy atom. The standard InChI is InChI=1S/C19H32N4O4S.HI/c1-20-19(23(2)15-16-7-9-17(26-3)10-8-16)21-11-13-28(24,25)22-14-18-6-4-5-12-27-18;/h7-10,18,22H,4-6,11-15H2,1-3H3,(H,20,21);1H. The van der Waals surface area contributed by atoms with Gasteiger partial charge in [-0.1, -0.05) is 12.1 Å². The second-order valence-electron chi connectivity index (χ2n) is 6.83. The number of benzene rings is 1. The van der Waals surface area contributed by atoms with E-state index in [9.17, 15) is 8.42 Å². The minimum Gasteiger partial charge on any atom is -0.497 e. The maximum absolute atomic E-state index is 12.2. The molecule has 1 aromatic rings. The number of sulfonamides is 1. The van der Waals surface area contributed by atoms with Crippen LogP contribution in [0.2, 0.25) is 0 Å². The molecule has 2 N–H and O–H groups in total. The van der Waals surface area contributed by atoms with E-state index in [0.717, 1.165) is 30.6 Å². The maximum Gasteiger partial charge on any atom is 0.213 e. The SMILES string of the molecule is CN=C(NCCS(=O)(=O)NCC1CCCCO1)N(C)Cc1ccc(OC)cc1.I. The van der Waals surface area contributed by atoms with Gasteiger partial charge in [-0.25, -0.2) is 13.1 Å². The summed E-state index contributed by atoms with van der Waals surface area (Å²) in [4.78, 5) is 6.17. The lowest BCUT2D eigenvalue weighted by Gasteiger charge is -2.23. The van der Waals surface area contributed by atoms with Gasteiger partial charge in [0.05, 0.1) is 19.0 Å². The van der Waals surface area contributed by atoms with Crippen molar-refractivity contribution in [2.45, 2.75) is 31.9 Å². The van der Waals surface area contributed by atoms with E-state index in [2.05, 4.69) is 15.0 Å². The molecule has 1 saturated heterocycles. The number of nitrogens with one attached hydrogen (secondary N) is 2. The Morgan fingerprint density at radius 2 is 2.03 bits per heavy atom.